The van der Waals surface area contributed by atoms with Gasteiger partial charge in [0.1, 0.15) is 37.6 Å². The fourth-order valence-corrected chi connectivity index (χ4v) is 5.05. The summed E-state index contributed by atoms with van der Waals surface area (Å²) >= 11 is 0. The maximum absolute atomic E-state index is 12.4. The Morgan fingerprint density at radius 2 is 0.609 bits per heavy atom. The number of esters is 8. The van der Waals surface area contributed by atoms with Crippen LogP contribution in [0, 0.1) is 0 Å². The van der Waals surface area contributed by atoms with Gasteiger partial charge in [-0.3, -0.25) is 38.4 Å². The van der Waals surface area contributed by atoms with Crippen LogP contribution in [-0.2, 0) is 85.7 Å². The summed E-state index contributed by atoms with van der Waals surface area (Å²) in [6.45, 7) is 7.17. The Balaban J connectivity index is 2.83. The SMILES string of the molecule is CC(=O)OC[C@H]1O[C@H]([C@@H]2O[C@H](COC(C)=O)[C@@H](OC(C)=O)[C@H](OC(C)=O)[C@H]2OC(C)=O)[C@H](OC(C)=O)[C@@H](OC(C)=O)[C@@H]1OC(C)=O. The van der Waals surface area contributed by atoms with Gasteiger partial charge in [-0.1, -0.05) is 0 Å². The summed E-state index contributed by atoms with van der Waals surface area (Å²) in [6.07, 6.45) is -15.8. The lowest BCUT2D eigenvalue weighted by Crippen LogP contribution is -2.71. The molecule has 0 aromatic heterocycles. The molecule has 0 unspecified atom stereocenters. The molecule has 0 aliphatic carbocycles. The summed E-state index contributed by atoms with van der Waals surface area (Å²) in [7, 11) is 0. The van der Waals surface area contributed by atoms with E-state index in [9.17, 15) is 38.4 Å². The van der Waals surface area contributed by atoms with E-state index in [1.54, 1.807) is 0 Å². The minimum absolute atomic E-state index is 0.584. The predicted octanol–water partition coefficient (Wildman–Crippen LogP) is -0.762. The normalized spacial score (nSPS) is 30.4. The molecule has 46 heavy (non-hydrogen) atoms. The van der Waals surface area contributed by atoms with Gasteiger partial charge in [0.05, 0.1) is 0 Å². The van der Waals surface area contributed by atoms with E-state index in [2.05, 4.69) is 0 Å². The van der Waals surface area contributed by atoms with E-state index in [1.165, 1.54) is 0 Å². The van der Waals surface area contributed by atoms with E-state index in [-0.39, 0.29) is 0 Å². The Kier molecular flexibility index (Phi) is 13.9. The highest BCUT2D eigenvalue weighted by atomic mass is 16.7. The van der Waals surface area contributed by atoms with Crippen molar-refractivity contribution in [1.82, 2.24) is 0 Å². The molecular weight excluding hydrogens is 624 g/mol. The molecule has 0 aromatic carbocycles. The summed E-state index contributed by atoms with van der Waals surface area (Å²) in [4.78, 5) is 97.0. The lowest BCUT2D eigenvalue weighted by atomic mass is 9.85. The van der Waals surface area contributed by atoms with Crippen LogP contribution in [-0.4, -0.2) is 122 Å². The molecule has 0 radical (unpaired) electrons. The van der Waals surface area contributed by atoms with Crippen molar-refractivity contribution < 1.29 is 85.7 Å². The first-order valence-corrected chi connectivity index (χ1v) is 14.0. The van der Waals surface area contributed by atoms with Crippen molar-refractivity contribution in [2.45, 2.75) is 116 Å². The molecule has 18 heteroatoms. The molecule has 0 N–H and O–H groups in total. The molecule has 2 fully saturated rings. The topological polar surface area (TPSA) is 229 Å². The molecule has 258 valence electrons. The van der Waals surface area contributed by atoms with Crippen molar-refractivity contribution >= 4 is 47.8 Å². The number of hydrogen-bond donors (Lipinski definition) is 0. The zero-order valence-electron chi connectivity index (χ0n) is 26.5. The minimum atomic E-state index is -1.68. The van der Waals surface area contributed by atoms with Gasteiger partial charge in [-0.25, -0.2) is 0 Å². The van der Waals surface area contributed by atoms with Gasteiger partial charge in [0.2, 0.25) is 0 Å². The summed E-state index contributed by atoms with van der Waals surface area (Å²) in [5, 5.41) is 0. The van der Waals surface area contributed by atoms with Gasteiger partial charge < -0.3 is 47.4 Å². The van der Waals surface area contributed by atoms with Crippen LogP contribution in [0.2, 0.25) is 0 Å². The fourth-order valence-electron chi connectivity index (χ4n) is 5.05. The van der Waals surface area contributed by atoms with Crippen LogP contribution in [0.25, 0.3) is 0 Å². The molecule has 2 aliphatic heterocycles. The third-order valence-electron chi connectivity index (χ3n) is 6.38. The summed E-state index contributed by atoms with van der Waals surface area (Å²) in [5.41, 5.74) is 0. The van der Waals surface area contributed by atoms with Gasteiger partial charge in [0.15, 0.2) is 36.6 Å². The highest BCUT2D eigenvalue weighted by Gasteiger charge is 2.61. The van der Waals surface area contributed by atoms with E-state index in [1.807, 2.05) is 0 Å². The molecule has 0 amide bonds. The molecule has 18 nitrogen and oxygen atoms in total. The van der Waals surface area contributed by atoms with Crippen LogP contribution in [0.5, 0.6) is 0 Å². The van der Waals surface area contributed by atoms with Crippen molar-refractivity contribution in [2.24, 2.45) is 0 Å². The Hall–Kier alpha value is -4.32. The van der Waals surface area contributed by atoms with Gasteiger partial charge in [-0.05, 0) is 0 Å². The molecule has 0 saturated carbocycles. The zero-order chi connectivity index (χ0) is 34.9. The predicted molar refractivity (Wildman–Crippen MR) is 144 cm³/mol. The molecule has 0 bridgehead atoms. The van der Waals surface area contributed by atoms with Gasteiger partial charge in [-0.15, -0.1) is 0 Å². The minimum Gasteiger partial charge on any atom is -0.463 e. The largest absolute Gasteiger partial charge is 0.463 e. The van der Waals surface area contributed by atoms with Crippen LogP contribution in [0.1, 0.15) is 55.4 Å². The Labute approximate surface area is 263 Å². The monoisotopic (exact) mass is 662 g/mol. The molecule has 0 aromatic rings. The number of hydrogen-bond acceptors (Lipinski definition) is 18. The first-order valence-electron chi connectivity index (χ1n) is 14.0. The molecule has 0 spiro atoms. The third kappa shape index (κ3) is 10.9. The van der Waals surface area contributed by atoms with Crippen molar-refractivity contribution in [3.05, 3.63) is 0 Å². The Morgan fingerprint density at radius 1 is 0.370 bits per heavy atom. The van der Waals surface area contributed by atoms with Crippen molar-refractivity contribution in [3.63, 3.8) is 0 Å². The maximum Gasteiger partial charge on any atom is 0.303 e. The molecule has 2 saturated heterocycles. The molecule has 10 atom stereocenters. The molecular formula is C28H38O18. The second-order valence-corrected chi connectivity index (χ2v) is 10.3. The van der Waals surface area contributed by atoms with Crippen LogP contribution in [0.15, 0.2) is 0 Å². The standard InChI is InChI=1S/C28H38O18/c1-11(29)37-9-19-21(39-13(3)31)23(41-15(5)33)25(43-17(7)35)27(45-19)28-26(44-18(8)36)24(42-16(6)34)22(40-14(4)32)20(46-28)10-38-12(2)30/h19-28H,9-10H2,1-8H3/t19-,20-,21-,22-,23+,24+,25-,26-,27-,28+/m1/s1. The zero-order valence-corrected chi connectivity index (χ0v) is 26.5. The summed E-state index contributed by atoms with van der Waals surface area (Å²) in [5.74, 6) is -6.94. The van der Waals surface area contributed by atoms with Crippen LogP contribution < -0.4 is 0 Å². The first-order chi connectivity index (χ1) is 21.4. The average Bonchev–Trinajstić information content (AvgIpc) is 2.89. The van der Waals surface area contributed by atoms with Gasteiger partial charge in [0.25, 0.3) is 0 Å². The van der Waals surface area contributed by atoms with E-state index in [0.29, 0.717) is 0 Å². The van der Waals surface area contributed by atoms with E-state index in [4.69, 9.17) is 47.4 Å². The van der Waals surface area contributed by atoms with Crippen molar-refractivity contribution in [2.75, 3.05) is 13.2 Å². The molecule has 2 heterocycles. The van der Waals surface area contributed by atoms with Gasteiger partial charge in [0, 0.05) is 55.4 Å². The summed E-state index contributed by atoms with van der Waals surface area (Å²) < 4.78 is 55.2. The second-order valence-electron chi connectivity index (χ2n) is 10.3. The lowest BCUT2D eigenvalue weighted by Gasteiger charge is -2.51. The van der Waals surface area contributed by atoms with Crippen molar-refractivity contribution in [1.29, 1.82) is 0 Å². The van der Waals surface area contributed by atoms with Crippen LogP contribution >= 0.6 is 0 Å². The van der Waals surface area contributed by atoms with Gasteiger partial charge in [-0.2, -0.15) is 0 Å². The van der Waals surface area contributed by atoms with Gasteiger partial charge >= 0.3 is 47.8 Å². The highest BCUT2D eigenvalue weighted by molar-refractivity contribution is 5.70. The smallest absolute Gasteiger partial charge is 0.303 e. The number of carbonyl (C=O) groups is 8. The lowest BCUT2D eigenvalue weighted by molar-refractivity contribution is -0.310. The average molecular weight is 663 g/mol. The number of carbonyl (C=O) groups excluding carboxylic acids is 8. The first kappa shape index (κ1) is 37.9. The van der Waals surface area contributed by atoms with E-state index >= 15 is 0 Å². The van der Waals surface area contributed by atoms with Crippen molar-refractivity contribution in [3.8, 4) is 0 Å². The number of rotatable bonds is 11. The van der Waals surface area contributed by atoms with Crippen LogP contribution in [0.3, 0.4) is 0 Å². The van der Waals surface area contributed by atoms with E-state index in [0.717, 1.165) is 55.4 Å². The fraction of sp³-hybridized carbons (Fsp3) is 0.714. The Bertz CT molecular complexity index is 1090. The third-order valence-corrected chi connectivity index (χ3v) is 6.38. The second kappa shape index (κ2) is 16.8. The van der Waals surface area contributed by atoms with E-state index < -0.39 is 122 Å². The molecule has 2 rings (SSSR count). The quantitative estimate of drug-likeness (QED) is 0.195. The van der Waals surface area contributed by atoms with Crippen LogP contribution in [0.4, 0.5) is 0 Å². The Morgan fingerprint density at radius 3 is 0.848 bits per heavy atom. The highest BCUT2D eigenvalue weighted by Crippen LogP contribution is 2.38. The maximum atomic E-state index is 12.4. The number of ether oxygens (including phenoxy) is 10. The summed E-state index contributed by atoms with van der Waals surface area (Å²) in [6, 6.07) is 0. The molecule has 2 aliphatic rings.